The number of imidazole rings is 1. The Bertz CT molecular complexity index is 1280. The van der Waals surface area contributed by atoms with Gasteiger partial charge in [0.15, 0.2) is 0 Å². The Morgan fingerprint density at radius 3 is 1.71 bits per heavy atom. The molecule has 1 aromatic heterocycles. The van der Waals surface area contributed by atoms with Crippen molar-refractivity contribution in [2.24, 2.45) is 0 Å². The molecule has 4 heteroatoms. The van der Waals surface area contributed by atoms with E-state index in [1.54, 1.807) is 6.07 Å². The van der Waals surface area contributed by atoms with Gasteiger partial charge in [0.1, 0.15) is 11.6 Å². The summed E-state index contributed by atoms with van der Waals surface area (Å²) in [5.41, 5.74) is 5.65. The van der Waals surface area contributed by atoms with Gasteiger partial charge in [-0.3, -0.25) is 4.57 Å². The minimum absolute atomic E-state index is 0. The van der Waals surface area contributed by atoms with E-state index in [0.29, 0.717) is 11.4 Å². The van der Waals surface area contributed by atoms with Crippen molar-refractivity contribution in [2.45, 2.75) is 0 Å². The van der Waals surface area contributed by atoms with Gasteiger partial charge in [0.2, 0.25) is 0 Å². The molecule has 0 aliphatic rings. The smallest absolute Gasteiger partial charge is 0.149 e. The maximum atomic E-state index is 10.6. The molecule has 1 heterocycles. The van der Waals surface area contributed by atoms with Crippen molar-refractivity contribution in [3.05, 3.63) is 115 Å². The van der Waals surface area contributed by atoms with Crippen molar-refractivity contribution >= 4 is 0 Å². The summed E-state index contributed by atoms with van der Waals surface area (Å²) >= 11 is 0. The second kappa shape index (κ2) is 9.11. The van der Waals surface area contributed by atoms with Crippen LogP contribution in [0.25, 0.3) is 39.6 Å². The summed E-state index contributed by atoms with van der Waals surface area (Å²) in [6.07, 6.45) is 0. The first-order valence-corrected chi connectivity index (χ1v) is 9.90. The average molecular weight is 454 g/mol. The largest absolute Gasteiger partial charge is 0.507 e. The number of aromatic nitrogens is 2. The van der Waals surface area contributed by atoms with E-state index in [-0.39, 0.29) is 25.2 Å². The number of rotatable bonds is 4. The quantitative estimate of drug-likeness (QED) is 0.312. The van der Waals surface area contributed by atoms with E-state index >= 15 is 0 Å². The number of phenolic OH excluding ortho intramolecular Hbond substituents is 1. The second-order valence-corrected chi connectivity index (χ2v) is 7.05. The molecular weight excluding hydrogens is 434 g/mol. The zero-order valence-corrected chi connectivity index (χ0v) is 20.0. The van der Waals surface area contributed by atoms with Gasteiger partial charge in [-0.05, 0) is 24.3 Å². The van der Waals surface area contributed by atoms with Gasteiger partial charge in [-0.25, -0.2) is 4.98 Å². The molecule has 0 bridgehead atoms. The number of nitrogens with zero attached hydrogens (tertiary/aromatic N) is 2. The third-order valence-corrected chi connectivity index (χ3v) is 5.13. The molecule has 0 aliphatic heterocycles. The first-order chi connectivity index (χ1) is 14.8. The molecule has 4 aromatic carbocycles. The topological polar surface area (TPSA) is 38.1 Å². The van der Waals surface area contributed by atoms with E-state index in [4.69, 9.17) is 4.98 Å². The number of para-hydroxylation sites is 2. The van der Waals surface area contributed by atoms with E-state index in [2.05, 4.69) is 41.0 Å². The number of aromatic hydroxyl groups is 1. The SMILES string of the molecule is Oc1ccccc1-c1nc(-c2ccccc2)c(-c2ccccc2)n1-c1ccccc1.[Zn]. The van der Waals surface area contributed by atoms with Gasteiger partial charge in [0.05, 0.1) is 17.0 Å². The molecule has 146 valence electrons. The Balaban J connectivity index is 0.00000231. The van der Waals surface area contributed by atoms with Gasteiger partial charge >= 0.3 is 0 Å². The normalized spacial score (nSPS) is 10.5. The van der Waals surface area contributed by atoms with Gasteiger partial charge in [0, 0.05) is 36.3 Å². The van der Waals surface area contributed by atoms with E-state index in [1.807, 2.05) is 72.8 Å². The van der Waals surface area contributed by atoms with Crippen LogP contribution in [0.1, 0.15) is 0 Å². The van der Waals surface area contributed by atoms with Gasteiger partial charge in [-0.1, -0.05) is 91.0 Å². The summed E-state index contributed by atoms with van der Waals surface area (Å²) in [6, 6.07) is 37.9. The zero-order valence-electron chi connectivity index (χ0n) is 17.0. The van der Waals surface area contributed by atoms with E-state index in [1.165, 1.54) is 0 Å². The Labute approximate surface area is 194 Å². The molecule has 0 unspecified atom stereocenters. The average Bonchev–Trinajstić information content (AvgIpc) is 3.21. The van der Waals surface area contributed by atoms with Crippen molar-refractivity contribution in [1.29, 1.82) is 0 Å². The minimum atomic E-state index is 0. The molecule has 0 aliphatic carbocycles. The molecule has 0 fully saturated rings. The van der Waals surface area contributed by atoms with E-state index in [9.17, 15) is 5.11 Å². The maximum absolute atomic E-state index is 10.6. The van der Waals surface area contributed by atoms with E-state index in [0.717, 1.165) is 28.2 Å². The summed E-state index contributed by atoms with van der Waals surface area (Å²) in [4.78, 5) is 5.07. The van der Waals surface area contributed by atoms with Gasteiger partial charge in [-0.2, -0.15) is 0 Å². The molecule has 0 spiro atoms. The summed E-state index contributed by atoms with van der Waals surface area (Å²) in [5.74, 6) is 0.913. The Hall–Kier alpha value is -3.49. The van der Waals surface area contributed by atoms with Crippen LogP contribution in [0.4, 0.5) is 0 Å². The van der Waals surface area contributed by atoms with Crippen LogP contribution in [0.2, 0.25) is 0 Å². The van der Waals surface area contributed by atoms with Crippen molar-refractivity contribution in [2.75, 3.05) is 0 Å². The standard InChI is InChI=1S/C27H20N2O.Zn/c30-24-19-11-10-18-23(24)27-28-25(20-12-4-1-5-13-20)26(21-14-6-2-7-15-21)29(27)22-16-8-3-9-17-22;/h1-19,30H;. The summed E-state index contributed by atoms with van der Waals surface area (Å²) in [6.45, 7) is 0. The molecular formula is C27H20N2OZn. The fraction of sp³-hybridized carbons (Fsp3) is 0. The Morgan fingerprint density at radius 1 is 0.581 bits per heavy atom. The third kappa shape index (κ3) is 3.95. The Morgan fingerprint density at radius 2 is 1.10 bits per heavy atom. The van der Waals surface area contributed by atoms with Crippen molar-refractivity contribution in [3.63, 3.8) is 0 Å². The monoisotopic (exact) mass is 452 g/mol. The third-order valence-electron chi connectivity index (χ3n) is 5.13. The summed E-state index contributed by atoms with van der Waals surface area (Å²) in [7, 11) is 0. The number of phenols is 1. The van der Waals surface area contributed by atoms with Crippen LogP contribution in [0.3, 0.4) is 0 Å². The fourth-order valence-corrected chi connectivity index (χ4v) is 3.75. The Kier molecular flexibility index (Phi) is 6.11. The fourth-order valence-electron chi connectivity index (χ4n) is 3.75. The number of hydrogen-bond donors (Lipinski definition) is 1. The van der Waals surface area contributed by atoms with Crippen LogP contribution < -0.4 is 0 Å². The van der Waals surface area contributed by atoms with Crippen LogP contribution in [0, 0.1) is 0 Å². The molecule has 5 aromatic rings. The molecule has 3 nitrogen and oxygen atoms in total. The molecule has 0 saturated heterocycles. The number of benzene rings is 4. The van der Waals surface area contributed by atoms with Gasteiger partial charge in [0.25, 0.3) is 0 Å². The van der Waals surface area contributed by atoms with Crippen molar-refractivity contribution < 1.29 is 24.6 Å². The first-order valence-electron chi connectivity index (χ1n) is 9.90. The van der Waals surface area contributed by atoms with E-state index < -0.39 is 0 Å². The van der Waals surface area contributed by atoms with Crippen LogP contribution >= 0.6 is 0 Å². The van der Waals surface area contributed by atoms with Crippen LogP contribution in [0.5, 0.6) is 5.75 Å². The summed E-state index contributed by atoms with van der Waals surface area (Å²) in [5, 5.41) is 10.6. The second-order valence-electron chi connectivity index (χ2n) is 7.05. The molecule has 0 amide bonds. The molecule has 0 radical (unpaired) electrons. The predicted octanol–water partition coefficient (Wildman–Crippen LogP) is 6.58. The van der Waals surface area contributed by atoms with Crippen LogP contribution in [-0.4, -0.2) is 14.7 Å². The van der Waals surface area contributed by atoms with Crippen molar-refractivity contribution in [1.82, 2.24) is 9.55 Å². The van der Waals surface area contributed by atoms with Gasteiger partial charge in [-0.15, -0.1) is 0 Å². The predicted molar refractivity (Wildman–Crippen MR) is 122 cm³/mol. The first kappa shape index (κ1) is 20.8. The zero-order chi connectivity index (χ0) is 20.3. The van der Waals surface area contributed by atoms with Crippen LogP contribution in [0.15, 0.2) is 115 Å². The van der Waals surface area contributed by atoms with Gasteiger partial charge < -0.3 is 5.11 Å². The minimum Gasteiger partial charge on any atom is -0.507 e. The molecule has 5 rings (SSSR count). The van der Waals surface area contributed by atoms with Crippen LogP contribution in [-0.2, 0) is 19.5 Å². The summed E-state index contributed by atoms with van der Waals surface area (Å²) < 4.78 is 2.13. The molecule has 0 saturated carbocycles. The van der Waals surface area contributed by atoms with Crippen molar-refractivity contribution in [3.8, 4) is 45.3 Å². The molecule has 0 atom stereocenters. The maximum Gasteiger partial charge on any atom is 0.149 e. The molecule has 1 N–H and O–H groups in total. The number of hydrogen-bond acceptors (Lipinski definition) is 2. The molecule has 31 heavy (non-hydrogen) atoms.